The van der Waals surface area contributed by atoms with Crippen LogP contribution in [0.1, 0.15) is 52.4 Å². The highest BCUT2D eigenvalue weighted by Gasteiger charge is 2.30. The third kappa shape index (κ3) is 8.05. The third-order valence-electron chi connectivity index (χ3n) is 4.40. The van der Waals surface area contributed by atoms with Gasteiger partial charge in [0, 0.05) is 0 Å². The quantitative estimate of drug-likeness (QED) is 0.457. The monoisotopic (exact) mass is 364 g/mol. The summed E-state index contributed by atoms with van der Waals surface area (Å²) in [5.74, 6) is 0. The fourth-order valence-corrected chi connectivity index (χ4v) is 2.84. The van der Waals surface area contributed by atoms with Crippen LogP contribution < -0.4 is 17.0 Å². The largest absolute Gasteiger partial charge is 1.00 e. The van der Waals surface area contributed by atoms with Crippen LogP contribution in [0.4, 0.5) is 4.79 Å². The van der Waals surface area contributed by atoms with Gasteiger partial charge in [-0.15, -0.1) is 0 Å². The van der Waals surface area contributed by atoms with Crippen molar-refractivity contribution in [2.75, 3.05) is 46.4 Å². The van der Waals surface area contributed by atoms with E-state index in [2.05, 4.69) is 14.0 Å². The highest BCUT2D eigenvalue weighted by atomic mass is 79.9. The van der Waals surface area contributed by atoms with Crippen molar-refractivity contribution in [3.05, 3.63) is 0 Å². The van der Waals surface area contributed by atoms with Crippen LogP contribution in [0.2, 0.25) is 0 Å². The SMILES string of the molecule is CCCCCCCC[N+]1(C)CCN(C(=O)OCC)CC1.[Br-]. The van der Waals surface area contributed by atoms with Crippen molar-refractivity contribution in [2.45, 2.75) is 52.4 Å². The zero-order chi connectivity index (χ0) is 14.8. The molecule has 0 radical (unpaired) electrons. The lowest BCUT2D eigenvalue weighted by Gasteiger charge is -2.41. The van der Waals surface area contributed by atoms with E-state index < -0.39 is 0 Å². The van der Waals surface area contributed by atoms with Crippen LogP contribution >= 0.6 is 0 Å². The first-order valence-corrected chi connectivity index (χ1v) is 8.36. The Labute approximate surface area is 141 Å². The van der Waals surface area contributed by atoms with E-state index in [0.29, 0.717) is 6.61 Å². The van der Waals surface area contributed by atoms with Gasteiger partial charge in [0.1, 0.15) is 0 Å². The molecule has 1 fully saturated rings. The topological polar surface area (TPSA) is 29.5 Å². The molecule has 5 heteroatoms. The molecule has 1 rings (SSSR count). The molecule has 0 saturated carbocycles. The minimum absolute atomic E-state index is 0. The van der Waals surface area contributed by atoms with E-state index in [4.69, 9.17) is 4.74 Å². The molecule has 0 spiro atoms. The van der Waals surface area contributed by atoms with Gasteiger partial charge < -0.3 is 26.2 Å². The second kappa shape index (κ2) is 11.3. The number of hydrogen-bond donors (Lipinski definition) is 0. The summed E-state index contributed by atoms with van der Waals surface area (Å²) in [6.07, 6.45) is 7.99. The van der Waals surface area contributed by atoms with Gasteiger partial charge in [0.2, 0.25) is 0 Å². The lowest BCUT2D eigenvalue weighted by atomic mass is 10.1. The van der Waals surface area contributed by atoms with E-state index in [1.54, 1.807) is 0 Å². The molecule has 0 N–H and O–H groups in total. The highest BCUT2D eigenvalue weighted by Crippen LogP contribution is 2.14. The van der Waals surface area contributed by atoms with Gasteiger partial charge in [0.05, 0.1) is 46.4 Å². The molecule has 0 aromatic heterocycles. The normalized spacial score (nSPS) is 17.2. The summed E-state index contributed by atoms with van der Waals surface area (Å²) in [4.78, 5) is 13.5. The Bertz CT molecular complexity index is 279. The van der Waals surface area contributed by atoms with Gasteiger partial charge >= 0.3 is 6.09 Å². The van der Waals surface area contributed by atoms with E-state index in [9.17, 15) is 4.79 Å². The number of hydrogen-bond acceptors (Lipinski definition) is 2. The number of piperazine rings is 1. The Balaban J connectivity index is 0.00000400. The summed E-state index contributed by atoms with van der Waals surface area (Å²) in [6, 6.07) is 0. The number of unbranched alkanes of at least 4 members (excludes halogenated alkanes) is 5. The maximum atomic E-state index is 11.7. The van der Waals surface area contributed by atoms with Crippen LogP contribution in [0.25, 0.3) is 0 Å². The number of rotatable bonds is 8. The van der Waals surface area contributed by atoms with Gasteiger partial charge in [-0.25, -0.2) is 4.79 Å². The zero-order valence-electron chi connectivity index (χ0n) is 14.1. The van der Waals surface area contributed by atoms with Crippen molar-refractivity contribution in [1.29, 1.82) is 0 Å². The smallest absolute Gasteiger partial charge is 0.410 e. The molecule has 0 aromatic carbocycles. The van der Waals surface area contributed by atoms with Crippen LogP contribution in [0, 0.1) is 0 Å². The number of halogens is 1. The predicted octanol–water partition coefficient (Wildman–Crippen LogP) is 0.270. The maximum Gasteiger partial charge on any atom is 0.410 e. The van der Waals surface area contributed by atoms with E-state index in [1.807, 2.05) is 11.8 Å². The van der Waals surface area contributed by atoms with Crippen molar-refractivity contribution in [3.63, 3.8) is 0 Å². The Morgan fingerprint density at radius 3 is 2.19 bits per heavy atom. The van der Waals surface area contributed by atoms with E-state index >= 15 is 0 Å². The van der Waals surface area contributed by atoms with Crippen molar-refractivity contribution < 1.29 is 31.0 Å². The van der Waals surface area contributed by atoms with Crippen LogP contribution in [-0.2, 0) is 4.74 Å². The minimum atomic E-state index is -0.140. The molecular formula is C16H33BrN2O2. The average molecular weight is 365 g/mol. The fourth-order valence-electron chi connectivity index (χ4n) is 2.84. The summed E-state index contributed by atoms with van der Waals surface area (Å²) in [6.45, 7) is 9.65. The van der Waals surface area contributed by atoms with Gasteiger partial charge in [-0.3, -0.25) is 4.90 Å². The standard InChI is InChI=1S/C16H33N2O2.BrH/c1-4-6-7-8-9-10-13-18(3)14-11-17(12-15-18)16(19)20-5-2;/h4-15H2,1-3H3;1H/q+1;/p-1. The first-order valence-electron chi connectivity index (χ1n) is 8.36. The molecule has 1 aliphatic rings. The van der Waals surface area contributed by atoms with E-state index in [1.165, 1.54) is 45.1 Å². The van der Waals surface area contributed by atoms with Crippen molar-refractivity contribution in [1.82, 2.24) is 4.90 Å². The lowest BCUT2D eigenvalue weighted by Crippen LogP contribution is -3.00. The summed E-state index contributed by atoms with van der Waals surface area (Å²) in [5.41, 5.74) is 0. The van der Waals surface area contributed by atoms with Crippen LogP contribution in [-0.4, -0.2) is 61.9 Å². The molecule has 0 aliphatic carbocycles. The summed E-state index contributed by atoms with van der Waals surface area (Å²) in [5, 5.41) is 0. The number of carbonyl (C=O) groups excluding carboxylic acids is 1. The number of amides is 1. The van der Waals surface area contributed by atoms with Gasteiger partial charge in [0.25, 0.3) is 0 Å². The second-order valence-corrected chi connectivity index (χ2v) is 6.24. The predicted molar refractivity (Wildman–Crippen MR) is 82.8 cm³/mol. The molecule has 4 nitrogen and oxygen atoms in total. The minimum Gasteiger partial charge on any atom is -1.00 e. The van der Waals surface area contributed by atoms with Crippen LogP contribution in [0.15, 0.2) is 0 Å². The molecule has 126 valence electrons. The number of nitrogens with zero attached hydrogens (tertiary/aromatic N) is 2. The molecule has 0 aromatic rings. The van der Waals surface area contributed by atoms with Crippen LogP contribution in [0.3, 0.4) is 0 Å². The molecule has 0 atom stereocenters. The number of carbonyl (C=O) groups is 1. The number of quaternary nitrogens is 1. The maximum absolute atomic E-state index is 11.7. The van der Waals surface area contributed by atoms with E-state index in [0.717, 1.165) is 30.7 Å². The molecule has 1 saturated heterocycles. The molecule has 21 heavy (non-hydrogen) atoms. The molecule has 0 bridgehead atoms. The van der Waals surface area contributed by atoms with Crippen molar-refractivity contribution in [3.8, 4) is 0 Å². The van der Waals surface area contributed by atoms with Crippen molar-refractivity contribution >= 4 is 6.09 Å². The number of ether oxygens (including phenoxy) is 1. The van der Waals surface area contributed by atoms with Crippen molar-refractivity contribution in [2.24, 2.45) is 0 Å². The van der Waals surface area contributed by atoms with Gasteiger partial charge in [0.15, 0.2) is 0 Å². The average Bonchev–Trinajstić information content (AvgIpc) is 2.44. The Morgan fingerprint density at radius 2 is 1.62 bits per heavy atom. The van der Waals surface area contributed by atoms with Crippen LogP contribution in [0.5, 0.6) is 0 Å². The highest BCUT2D eigenvalue weighted by molar-refractivity contribution is 5.67. The molecular weight excluding hydrogens is 332 g/mol. The van der Waals surface area contributed by atoms with Gasteiger partial charge in [-0.1, -0.05) is 32.6 Å². The third-order valence-corrected chi connectivity index (χ3v) is 4.40. The Kier molecular flexibility index (Phi) is 11.1. The first kappa shape index (κ1) is 20.7. The summed E-state index contributed by atoms with van der Waals surface area (Å²) < 4.78 is 6.18. The second-order valence-electron chi connectivity index (χ2n) is 6.24. The fraction of sp³-hybridized carbons (Fsp3) is 0.938. The molecule has 1 amide bonds. The zero-order valence-corrected chi connectivity index (χ0v) is 15.7. The molecule has 1 heterocycles. The summed E-state index contributed by atoms with van der Waals surface area (Å²) >= 11 is 0. The first-order chi connectivity index (χ1) is 9.61. The van der Waals surface area contributed by atoms with E-state index in [-0.39, 0.29) is 23.1 Å². The van der Waals surface area contributed by atoms with Gasteiger partial charge in [-0.2, -0.15) is 0 Å². The number of likely N-dealkylation sites (N-methyl/N-ethyl adjacent to an activating group) is 1. The molecule has 0 unspecified atom stereocenters. The molecule has 1 aliphatic heterocycles. The Morgan fingerprint density at radius 1 is 1.05 bits per heavy atom. The lowest BCUT2D eigenvalue weighted by molar-refractivity contribution is -0.913. The van der Waals surface area contributed by atoms with Gasteiger partial charge in [-0.05, 0) is 19.8 Å². The summed E-state index contributed by atoms with van der Waals surface area (Å²) in [7, 11) is 2.33. The Hall–Kier alpha value is -0.290.